The summed E-state index contributed by atoms with van der Waals surface area (Å²) in [5.41, 5.74) is 3.55. The summed E-state index contributed by atoms with van der Waals surface area (Å²) in [5, 5.41) is 8.91. The second-order valence-electron chi connectivity index (χ2n) is 5.18. The lowest BCUT2D eigenvalue weighted by Gasteiger charge is -2.16. The highest BCUT2D eigenvalue weighted by molar-refractivity contribution is 5.99. The highest BCUT2D eigenvalue weighted by atomic mass is 16.5. The molecule has 0 saturated heterocycles. The summed E-state index contributed by atoms with van der Waals surface area (Å²) < 4.78 is 21.2. The molecule has 0 atom stereocenters. The molecule has 0 aromatic heterocycles. The Morgan fingerprint density at radius 3 is 1.88 bits per heavy atom. The van der Waals surface area contributed by atoms with Crippen molar-refractivity contribution in [2.45, 2.75) is 0 Å². The van der Waals surface area contributed by atoms with Crippen LogP contribution < -0.4 is 24.4 Å². The fourth-order valence-electron chi connectivity index (χ4n) is 2.50. The topological polar surface area (TPSA) is 86.3 Å². The van der Waals surface area contributed by atoms with Crippen molar-refractivity contribution in [1.29, 1.82) is 0 Å². The first-order chi connectivity index (χ1) is 12.6. The largest absolute Gasteiger partial charge is 0.497 e. The van der Waals surface area contributed by atoms with Crippen LogP contribution in [0.2, 0.25) is 0 Å². The molecule has 0 unspecified atom stereocenters. The monoisotopic (exact) mass is 359 g/mol. The number of hydrogen-bond donors (Lipinski definition) is 2. The molecule has 0 radical (unpaired) electrons. The summed E-state index contributed by atoms with van der Waals surface area (Å²) >= 11 is 0. The number of nitrogens with one attached hydrogen (secondary N) is 1. The van der Waals surface area contributed by atoms with Crippen molar-refractivity contribution in [1.82, 2.24) is 5.48 Å². The van der Waals surface area contributed by atoms with Crippen molar-refractivity contribution in [3.05, 3.63) is 53.6 Å². The Morgan fingerprint density at radius 1 is 0.885 bits per heavy atom. The molecule has 1 amide bonds. The van der Waals surface area contributed by atoms with E-state index < -0.39 is 5.91 Å². The van der Waals surface area contributed by atoms with Gasteiger partial charge in [-0.15, -0.1) is 0 Å². The number of hydrogen-bond acceptors (Lipinski definition) is 6. The molecule has 0 heterocycles. The number of benzene rings is 2. The third kappa shape index (κ3) is 4.07. The molecule has 0 spiro atoms. The molecule has 7 nitrogen and oxygen atoms in total. The Labute approximate surface area is 151 Å². The van der Waals surface area contributed by atoms with Crippen molar-refractivity contribution in [3.63, 3.8) is 0 Å². The third-order valence-corrected chi connectivity index (χ3v) is 3.76. The highest BCUT2D eigenvalue weighted by Crippen LogP contribution is 2.41. The fraction of sp³-hybridized carbons (Fsp3) is 0.211. The number of carbonyl (C=O) groups excluding carboxylic acids is 1. The molecule has 0 aliphatic rings. The minimum absolute atomic E-state index is 0.444. The maximum absolute atomic E-state index is 11.8. The van der Waals surface area contributed by atoms with Crippen LogP contribution in [0.4, 0.5) is 0 Å². The Bertz CT molecular complexity index is 773. The maximum atomic E-state index is 11.8. The number of hydroxylamine groups is 1. The van der Waals surface area contributed by atoms with Gasteiger partial charge in [-0.1, -0.05) is 12.1 Å². The van der Waals surface area contributed by atoms with Crippen LogP contribution in [-0.2, 0) is 4.79 Å². The molecule has 0 fully saturated rings. The Kier molecular flexibility index (Phi) is 6.46. The smallest absolute Gasteiger partial charge is 0.267 e. The third-order valence-electron chi connectivity index (χ3n) is 3.76. The zero-order chi connectivity index (χ0) is 19.1. The second-order valence-corrected chi connectivity index (χ2v) is 5.18. The minimum Gasteiger partial charge on any atom is -0.497 e. The first-order valence-electron chi connectivity index (χ1n) is 7.68. The van der Waals surface area contributed by atoms with E-state index in [-0.39, 0.29) is 0 Å². The molecule has 2 aromatic rings. The SMILES string of the molecule is COc1ccc(/C(=C\C(=O)NO)c2cc(OC)c(OC)c(OC)c2)cc1. The van der Waals surface area contributed by atoms with Gasteiger partial charge in [0.2, 0.25) is 5.75 Å². The Morgan fingerprint density at radius 2 is 1.46 bits per heavy atom. The Hall–Kier alpha value is -3.19. The average Bonchev–Trinajstić information content (AvgIpc) is 2.70. The molecule has 138 valence electrons. The normalized spacial score (nSPS) is 10.9. The van der Waals surface area contributed by atoms with Gasteiger partial charge in [-0.3, -0.25) is 10.0 Å². The van der Waals surface area contributed by atoms with Crippen LogP contribution in [0.3, 0.4) is 0 Å². The molecule has 26 heavy (non-hydrogen) atoms. The second kappa shape index (κ2) is 8.77. The summed E-state index contributed by atoms with van der Waals surface area (Å²) in [4.78, 5) is 11.8. The number of ether oxygens (including phenoxy) is 4. The zero-order valence-corrected chi connectivity index (χ0v) is 15.0. The molecule has 0 aliphatic heterocycles. The summed E-state index contributed by atoms with van der Waals surface area (Å²) in [6.45, 7) is 0. The molecular formula is C19H21NO6. The quantitative estimate of drug-likeness (QED) is 0.449. The van der Waals surface area contributed by atoms with Gasteiger partial charge >= 0.3 is 0 Å². The first kappa shape index (κ1) is 19.1. The highest BCUT2D eigenvalue weighted by Gasteiger charge is 2.17. The number of methoxy groups -OCH3 is 4. The van der Waals surface area contributed by atoms with E-state index in [1.807, 2.05) is 0 Å². The van der Waals surface area contributed by atoms with E-state index in [9.17, 15) is 4.79 Å². The van der Waals surface area contributed by atoms with Crippen molar-refractivity contribution in [2.75, 3.05) is 28.4 Å². The summed E-state index contributed by atoms with van der Waals surface area (Å²) in [6.07, 6.45) is 1.28. The predicted molar refractivity (Wildman–Crippen MR) is 96.1 cm³/mol. The van der Waals surface area contributed by atoms with Crippen molar-refractivity contribution in [3.8, 4) is 23.0 Å². The molecule has 0 saturated carbocycles. The summed E-state index contributed by atoms with van der Waals surface area (Å²) in [6, 6.07) is 10.6. The molecule has 0 aliphatic carbocycles. The molecule has 2 rings (SSSR count). The van der Waals surface area contributed by atoms with Crippen LogP contribution in [0.15, 0.2) is 42.5 Å². The molecular weight excluding hydrogens is 338 g/mol. The van der Waals surface area contributed by atoms with E-state index >= 15 is 0 Å². The fourth-order valence-corrected chi connectivity index (χ4v) is 2.50. The van der Waals surface area contributed by atoms with Gasteiger partial charge < -0.3 is 18.9 Å². The van der Waals surface area contributed by atoms with Gasteiger partial charge in [-0.05, 0) is 41.0 Å². The van der Waals surface area contributed by atoms with Gasteiger partial charge in [0, 0.05) is 6.08 Å². The van der Waals surface area contributed by atoms with Crippen LogP contribution >= 0.6 is 0 Å². The van der Waals surface area contributed by atoms with Crippen molar-refractivity contribution >= 4 is 11.5 Å². The van der Waals surface area contributed by atoms with Crippen LogP contribution in [0.25, 0.3) is 5.57 Å². The zero-order valence-electron chi connectivity index (χ0n) is 15.0. The van der Waals surface area contributed by atoms with Crippen LogP contribution in [0.5, 0.6) is 23.0 Å². The average molecular weight is 359 g/mol. The Balaban J connectivity index is 2.65. The lowest BCUT2D eigenvalue weighted by molar-refractivity contribution is -0.124. The van der Waals surface area contributed by atoms with Gasteiger partial charge in [-0.2, -0.15) is 0 Å². The van der Waals surface area contributed by atoms with E-state index in [0.717, 1.165) is 5.56 Å². The van der Waals surface area contributed by atoms with Crippen molar-refractivity contribution in [2.24, 2.45) is 0 Å². The van der Waals surface area contributed by atoms with Crippen LogP contribution in [-0.4, -0.2) is 39.6 Å². The first-order valence-corrected chi connectivity index (χ1v) is 7.68. The molecule has 2 N–H and O–H groups in total. The van der Waals surface area contributed by atoms with E-state index in [4.69, 9.17) is 24.2 Å². The van der Waals surface area contributed by atoms with Gasteiger partial charge in [0.1, 0.15) is 5.75 Å². The van der Waals surface area contributed by atoms with E-state index in [1.165, 1.54) is 27.4 Å². The van der Waals surface area contributed by atoms with E-state index in [1.54, 1.807) is 49.0 Å². The van der Waals surface area contributed by atoms with E-state index in [0.29, 0.717) is 34.1 Å². The lowest BCUT2D eigenvalue weighted by Crippen LogP contribution is -2.16. The van der Waals surface area contributed by atoms with Gasteiger partial charge in [0.25, 0.3) is 5.91 Å². The maximum Gasteiger partial charge on any atom is 0.267 e. The predicted octanol–water partition coefficient (Wildman–Crippen LogP) is 2.66. The van der Waals surface area contributed by atoms with Crippen molar-refractivity contribution < 1.29 is 28.9 Å². The molecule has 0 bridgehead atoms. The standard InChI is InChI=1S/C19H21NO6/c1-23-14-7-5-12(6-8-14)15(11-18(21)20-22)13-9-16(24-2)19(26-4)17(10-13)25-3/h5-11,22H,1-4H3,(H,20,21)/b15-11+. The summed E-state index contributed by atoms with van der Waals surface area (Å²) in [5.74, 6) is 1.37. The lowest BCUT2D eigenvalue weighted by atomic mass is 9.96. The van der Waals surface area contributed by atoms with Gasteiger partial charge in [0.05, 0.1) is 28.4 Å². The van der Waals surface area contributed by atoms with E-state index in [2.05, 4.69) is 0 Å². The minimum atomic E-state index is -0.662. The number of rotatable bonds is 7. The van der Waals surface area contributed by atoms with Gasteiger partial charge in [-0.25, -0.2) is 5.48 Å². The summed E-state index contributed by atoms with van der Waals surface area (Å²) in [7, 11) is 6.11. The molecule has 7 heteroatoms. The van der Waals surface area contributed by atoms with Gasteiger partial charge in [0.15, 0.2) is 11.5 Å². The number of carbonyl (C=O) groups is 1. The van der Waals surface area contributed by atoms with Crippen LogP contribution in [0, 0.1) is 0 Å². The van der Waals surface area contributed by atoms with Crippen LogP contribution in [0.1, 0.15) is 11.1 Å². The molecule has 2 aromatic carbocycles. The number of amides is 1.